The Bertz CT molecular complexity index is 472. The summed E-state index contributed by atoms with van der Waals surface area (Å²) in [4.78, 5) is 12.4. The quantitative estimate of drug-likeness (QED) is 0.707. The molecular formula is C20H32O2. The fourth-order valence-corrected chi connectivity index (χ4v) is 7.20. The summed E-state index contributed by atoms with van der Waals surface area (Å²) >= 11 is 0. The molecule has 7 atom stereocenters. The maximum absolute atomic E-state index is 12.4. The van der Waals surface area contributed by atoms with Crippen LogP contribution in [-0.4, -0.2) is 19.0 Å². The zero-order chi connectivity index (χ0) is 15.5. The van der Waals surface area contributed by atoms with Crippen molar-refractivity contribution < 1.29 is 9.53 Å². The minimum Gasteiger partial charge on any atom is -0.381 e. The van der Waals surface area contributed by atoms with Crippen LogP contribution in [0, 0.1) is 34.5 Å². The van der Waals surface area contributed by atoms with Crippen LogP contribution in [0.2, 0.25) is 0 Å². The summed E-state index contributed by atoms with van der Waals surface area (Å²) in [7, 11) is 1.88. The maximum atomic E-state index is 12.4. The Hall–Kier alpha value is -0.370. The first-order valence-corrected chi connectivity index (χ1v) is 9.55. The number of fused-ring (bicyclic) bond motifs is 5. The molecule has 22 heavy (non-hydrogen) atoms. The van der Waals surface area contributed by atoms with Gasteiger partial charge in [-0.25, -0.2) is 0 Å². The van der Waals surface area contributed by atoms with Crippen molar-refractivity contribution in [2.24, 2.45) is 34.5 Å². The standard InChI is InChI=1S/C20H32O2/c1-19-10-8-14(22-3)12-13(19)4-5-15-16-6-7-18(21)20(16,2)11-9-17(15)19/h13-17H,4-12H2,1-3H3/t13-,14+,15+,16+,17+,19-,20-/m0/s1. The van der Waals surface area contributed by atoms with E-state index in [0.717, 1.165) is 30.6 Å². The van der Waals surface area contributed by atoms with E-state index in [9.17, 15) is 4.79 Å². The van der Waals surface area contributed by atoms with E-state index in [1.165, 1.54) is 44.9 Å². The molecule has 0 aliphatic heterocycles. The minimum absolute atomic E-state index is 0.0358. The zero-order valence-corrected chi connectivity index (χ0v) is 14.6. The van der Waals surface area contributed by atoms with Crippen LogP contribution in [0.1, 0.15) is 71.6 Å². The summed E-state index contributed by atoms with van der Waals surface area (Å²) < 4.78 is 5.68. The van der Waals surface area contributed by atoms with E-state index in [2.05, 4.69) is 13.8 Å². The molecule has 4 saturated carbocycles. The molecule has 0 radical (unpaired) electrons. The van der Waals surface area contributed by atoms with Crippen LogP contribution in [-0.2, 0) is 9.53 Å². The number of rotatable bonds is 1. The molecule has 0 spiro atoms. The van der Waals surface area contributed by atoms with Crippen molar-refractivity contribution in [3.8, 4) is 0 Å². The van der Waals surface area contributed by atoms with Gasteiger partial charge < -0.3 is 4.74 Å². The van der Waals surface area contributed by atoms with Gasteiger partial charge in [-0.15, -0.1) is 0 Å². The summed E-state index contributed by atoms with van der Waals surface area (Å²) in [6.45, 7) is 4.87. The van der Waals surface area contributed by atoms with Gasteiger partial charge in [0.15, 0.2) is 0 Å². The van der Waals surface area contributed by atoms with E-state index in [0.29, 0.717) is 23.2 Å². The summed E-state index contributed by atoms with van der Waals surface area (Å²) in [5.74, 6) is 3.82. The number of ether oxygens (including phenoxy) is 1. The Morgan fingerprint density at radius 2 is 1.82 bits per heavy atom. The Morgan fingerprint density at radius 1 is 1.00 bits per heavy atom. The molecule has 2 heteroatoms. The molecule has 0 aromatic rings. The average molecular weight is 304 g/mol. The van der Waals surface area contributed by atoms with Crippen LogP contribution < -0.4 is 0 Å². The SMILES string of the molecule is CO[C@@H]1CC[C@@]2(C)[C@@H](CC[C@H]3[C@H]2CC[C@]2(C)C(=O)CC[C@H]32)C1. The lowest BCUT2D eigenvalue weighted by Gasteiger charge is -2.60. The molecular weight excluding hydrogens is 272 g/mol. The summed E-state index contributed by atoms with van der Waals surface area (Å²) in [6.07, 6.45) is 11.6. The first kappa shape index (κ1) is 15.2. The molecule has 124 valence electrons. The van der Waals surface area contributed by atoms with E-state index in [1.54, 1.807) is 0 Å². The number of hydrogen-bond acceptors (Lipinski definition) is 2. The highest BCUT2D eigenvalue weighted by molar-refractivity contribution is 5.87. The van der Waals surface area contributed by atoms with Crippen molar-refractivity contribution in [1.82, 2.24) is 0 Å². The van der Waals surface area contributed by atoms with Gasteiger partial charge in [-0.3, -0.25) is 4.79 Å². The van der Waals surface area contributed by atoms with Crippen LogP contribution in [0.5, 0.6) is 0 Å². The third-order valence-corrected chi connectivity index (χ3v) is 8.66. The lowest BCUT2D eigenvalue weighted by molar-refractivity contribution is -0.143. The Morgan fingerprint density at radius 3 is 2.59 bits per heavy atom. The third kappa shape index (κ3) is 1.92. The Kier molecular flexibility index (Phi) is 3.49. The summed E-state index contributed by atoms with van der Waals surface area (Å²) in [6, 6.07) is 0. The van der Waals surface area contributed by atoms with Gasteiger partial charge in [0.05, 0.1) is 6.10 Å². The van der Waals surface area contributed by atoms with E-state index in [-0.39, 0.29) is 5.41 Å². The van der Waals surface area contributed by atoms with Crippen molar-refractivity contribution in [2.75, 3.05) is 7.11 Å². The fourth-order valence-electron chi connectivity index (χ4n) is 7.20. The van der Waals surface area contributed by atoms with Gasteiger partial charge >= 0.3 is 0 Å². The first-order valence-electron chi connectivity index (χ1n) is 9.55. The lowest BCUT2D eigenvalue weighted by atomic mass is 9.45. The van der Waals surface area contributed by atoms with Crippen LogP contribution in [0.15, 0.2) is 0 Å². The molecule has 0 aromatic carbocycles. The highest BCUT2D eigenvalue weighted by Crippen LogP contribution is 2.65. The molecule has 0 aromatic heterocycles. The van der Waals surface area contributed by atoms with E-state index >= 15 is 0 Å². The number of ketones is 1. The van der Waals surface area contributed by atoms with Gasteiger partial charge in [0, 0.05) is 18.9 Å². The Balaban J connectivity index is 1.60. The third-order valence-electron chi connectivity index (χ3n) is 8.66. The van der Waals surface area contributed by atoms with E-state index in [1.807, 2.05) is 7.11 Å². The topological polar surface area (TPSA) is 26.3 Å². The first-order chi connectivity index (χ1) is 10.5. The second kappa shape index (κ2) is 5.06. The van der Waals surface area contributed by atoms with Crippen molar-refractivity contribution in [1.29, 1.82) is 0 Å². The second-order valence-corrected chi connectivity index (χ2v) is 9.21. The van der Waals surface area contributed by atoms with E-state index < -0.39 is 0 Å². The van der Waals surface area contributed by atoms with Gasteiger partial charge in [-0.2, -0.15) is 0 Å². The number of carbonyl (C=O) groups is 1. The number of methoxy groups -OCH3 is 1. The number of hydrogen-bond donors (Lipinski definition) is 0. The molecule has 0 N–H and O–H groups in total. The highest BCUT2D eigenvalue weighted by atomic mass is 16.5. The fraction of sp³-hybridized carbons (Fsp3) is 0.950. The largest absolute Gasteiger partial charge is 0.381 e. The number of Topliss-reactive ketones (excluding diaryl/α,β-unsaturated/α-hetero) is 1. The monoisotopic (exact) mass is 304 g/mol. The minimum atomic E-state index is 0.0358. The molecule has 0 amide bonds. The van der Waals surface area contributed by atoms with Gasteiger partial charge in [-0.05, 0) is 80.5 Å². The van der Waals surface area contributed by atoms with Gasteiger partial charge in [0.25, 0.3) is 0 Å². The number of carbonyl (C=O) groups excluding carboxylic acids is 1. The van der Waals surface area contributed by atoms with Crippen LogP contribution in [0.3, 0.4) is 0 Å². The average Bonchev–Trinajstić information content (AvgIpc) is 2.82. The Labute approximate surface area is 135 Å². The van der Waals surface area contributed by atoms with Gasteiger partial charge in [0.2, 0.25) is 0 Å². The van der Waals surface area contributed by atoms with Crippen molar-refractivity contribution in [3.05, 3.63) is 0 Å². The van der Waals surface area contributed by atoms with Crippen molar-refractivity contribution >= 4 is 5.78 Å². The summed E-state index contributed by atoms with van der Waals surface area (Å²) in [5, 5.41) is 0. The smallest absolute Gasteiger partial charge is 0.139 e. The molecule has 0 heterocycles. The van der Waals surface area contributed by atoms with E-state index in [4.69, 9.17) is 4.74 Å². The maximum Gasteiger partial charge on any atom is 0.139 e. The molecule has 2 nitrogen and oxygen atoms in total. The molecule has 0 bridgehead atoms. The molecule has 4 rings (SSSR count). The molecule has 4 aliphatic carbocycles. The molecule has 4 aliphatic rings. The summed E-state index contributed by atoms with van der Waals surface area (Å²) in [5.41, 5.74) is 0.555. The lowest BCUT2D eigenvalue weighted by Crippen LogP contribution is -2.54. The predicted molar refractivity (Wildman–Crippen MR) is 87.5 cm³/mol. The molecule has 0 unspecified atom stereocenters. The zero-order valence-electron chi connectivity index (χ0n) is 14.6. The van der Waals surface area contributed by atoms with Crippen molar-refractivity contribution in [2.45, 2.75) is 77.7 Å². The molecule has 0 saturated heterocycles. The normalized spacial score (nSPS) is 54.5. The predicted octanol–water partition coefficient (Wildman–Crippen LogP) is 4.61. The highest BCUT2D eigenvalue weighted by Gasteiger charge is 2.60. The van der Waals surface area contributed by atoms with Gasteiger partial charge in [0.1, 0.15) is 5.78 Å². The molecule has 4 fully saturated rings. The second-order valence-electron chi connectivity index (χ2n) is 9.21. The van der Waals surface area contributed by atoms with Crippen LogP contribution >= 0.6 is 0 Å². The van der Waals surface area contributed by atoms with Crippen LogP contribution in [0.4, 0.5) is 0 Å². The van der Waals surface area contributed by atoms with Crippen LogP contribution in [0.25, 0.3) is 0 Å². The van der Waals surface area contributed by atoms with Gasteiger partial charge in [-0.1, -0.05) is 13.8 Å². The van der Waals surface area contributed by atoms with Crippen molar-refractivity contribution in [3.63, 3.8) is 0 Å².